The first-order valence-electron chi connectivity index (χ1n) is 5.63. The van der Waals surface area contributed by atoms with Crippen LogP contribution >= 0.6 is 0 Å². The Morgan fingerprint density at radius 2 is 2.12 bits per heavy atom. The largest absolute Gasteiger partial charge is 0.387 e. The second-order valence-electron chi connectivity index (χ2n) is 4.93. The molecule has 5 nitrogen and oxygen atoms in total. The van der Waals surface area contributed by atoms with Gasteiger partial charge in [-0.05, 0) is 34.0 Å². The highest BCUT2D eigenvalue weighted by Crippen LogP contribution is 2.04. The number of hydrogen-bond acceptors (Lipinski definition) is 4. The van der Waals surface area contributed by atoms with E-state index in [1.165, 1.54) is 0 Å². The van der Waals surface area contributed by atoms with Gasteiger partial charge in [-0.25, -0.2) is 0 Å². The quantitative estimate of drug-likeness (QED) is 0.547. The minimum absolute atomic E-state index is 0.0514. The van der Waals surface area contributed by atoms with E-state index < -0.39 is 5.60 Å². The maximum Gasteiger partial charge on any atom is 0.222 e. The Morgan fingerprint density at radius 1 is 1.56 bits per heavy atom. The zero-order chi connectivity index (χ0) is 12.8. The van der Waals surface area contributed by atoms with Crippen molar-refractivity contribution >= 4 is 5.91 Å². The molecule has 2 unspecified atom stereocenters. The van der Waals surface area contributed by atoms with Gasteiger partial charge < -0.3 is 21.1 Å². The van der Waals surface area contributed by atoms with E-state index in [2.05, 4.69) is 5.32 Å². The highest BCUT2D eigenvalue weighted by atomic mass is 16.3. The molecule has 0 aliphatic carbocycles. The van der Waals surface area contributed by atoms with Gasteiger partial charge in [-0.2, -0.15) is 0 Å². The summed E-state index contributed by atoms with van der Waals surface area (Å²) in [6.07, 6.45) is 0.668. The molecule has 0 aromatic heterocycles. The Kier molecular flexibility index (Phi) is 6.55. The second kappa shape index (κ2) is 6.83. The smallest absolute Gasteiger partial charge is 0.222 e. The molecule has 0 spiro atoms. The van der Waals surface area contributed by atoms with Gasteiger partial charge in [-0.15, -0.1) is 0 Å². The molecular formula is C11H25N3O2. The summed E-state index contributed by atoms with van der Waals surface area (Å²) in [7, 11) is 3.76. The van der Waals surface area contributed by atoms with E-state index in [0.29, 0.717) is 19.5 Å². The summed E-state index contributed by atoms with van der Waals surface area (Å²) < 4.78 is 0. The third-order valence-electron chi connectivity index (χ3n) is 2.35. The molecule has 2 atom stereocenters. The molecule has 0 fully saturated rings. The van der Waals surface area contributed by atoms with Crippen LogP contribution < -0.4 is 11.1 Å². The number of amides is 1. The van der Waals surface area contributed by atoms with Crippen molar-refractivity contribution in [3.63, 3.8) is 0 Å². The number of nitrogens with two attached hydrogens (primary N) is 1. The Labute approximate surface area is 98.0 Å². The Morgan fingerprint density at radius 3 is 2.56 bits per heavy atom. The van der Waals surface area contributed by atoms with Crippen LogP contribution in [0.15, 0.2) is 0 Å². The lowest BCUT2D eigenvalue weighted by Gasteiger charge is -2.27. The van der Waals surface area contributed by atoms with Gasteiger partial charge in [0, 0.05) is 19.0 Å². The van der Waals surface area contributed by atoms with Gasteiger partial charge in [0.05, 0.1) is 5.60 Å². The van der Waals surface area contributed by atoms with Gasteiger partial charge in [0.1, 0.15) is 0 Å². The summed E-state index contributed by atoms with van der Waals surface area (Å²) >= 11 is 0. The summed E-state index contributed by atoms with van der Waals surface area (Å²) in [6.45, 7) is 4.82. The van der Waals surface area contributed by atoms with Gasteiger partial charge in [0.25, 0.3) is 0 Å². The lowest BCUT2D eigenvalue weighted by Crippen LogP contribution is -2.48. The predicted molar refractivity (Wildman–Crippen MR) is 65.0 cm³/mol. The van der Waals surface area contributed by atoms with Gasteiger partial charge in [0.2, 0.25) is 5.91 Å². The molecule has 0 aromatic rings. The number of hydrogen-bond donors (Lipinski definition) is 3. The van der Waals surface area contributed by atoms with Crippen molar-refractivity contribution < 1.29 is 9.90 Å². The maximum atomic E-state index is 11.6. The molecule has 0 aliphatic heterocycles. The number of aliphatic hydroxyl groups is 1. The highest BCUT2D eigenvalue weighted by Gasteiger charge is 2.23. The first-order chi connectivity index (χ1) is 7.28. The third-order valence-corrected chi connectivity index (χ3v) is 2.35. The van der Waals surface area contributed by atoms with Crippen LogP contribution in [0.3, 0.4) is 0 Å². The molecule has 0 aromatic carbocycles. The van der Waals surface area contributed by atoms with Crippen molar-refractivity contribution in [2.24, 2.45) is 11.7 Å². The van der Waals surface area contributed by atoms with E-state index >= 15 is 0 Å². The Balaban J connectivity index is 3.99. The van der Waals surface area contributed by atoms with Crippen LogP contribution in [-0.2, 0) is 4.79 Å². The molecule has 0 saturated heterocycles. The van der Waals surface area contributed by atoms with Crippen LogP contribution in [0.5, 0.6) is 0 Å². The molecule has 1 amide bonds. The van der Waals surface area contributed by atoms with E-state index in [-0.39, 0.29) is 18.4 Å². The van der Waals surface area contributed by atoms with Gasteiger partial charge in [0.15, 0.2) is 0 Å². The maximum absolute atomic E-state index is 11.6. The fourth-order valence-corrected chi connectivity index (χ4v) is 1.57. The minimum atomic E-state index is -0.901. The molecule has 0 aliphatic rings. The number of nitrogens with zero attached hydrogens (tertiary/aromatic N) is 1. The van der Waals surface area contributed by atoms with Crippen molar-refractivity contribution in [2.75, 3.05) is 33.7 Å². The SMILES string of the molecule is CC(CCN)C(=O)NCC(C)(O)CN(C)C. The highest BCUT2D eigenvalue weighted by molar-refractivity contribution is 5.78. The van der Waals surface area contributed by atoms with Crippen LogP contribution in [0.1, 0.15) is 20.3 Å². The van der Waals surface area contributed by atoms with Gasteiger partial charge in [-0.1, -0.05) is 6.92 Å². The van der Waals surface area contributed by atoms with Crippen molar-refractivity contribution in [3.05, 3.63) is 0 Å². The number of nitrogens with one attached hydrogen (secondary N) is 1. The van der Waals surface area contributed by atoms with Gasteiger partial charge in [-0.3, -0.25) is 4.79 Å². The summed E-state index contributed by atoms with van der Waals surface area (Å²) in [4.78, 5) is 13.5. The van der Waals surface area contributed by atoms with E-state index in [1.807, 2.05) is 25.9 Å². The topological polar surface area (TPSA) is 78.6 Å². The standard InChI is InChI=1S/C11H25N3O2/c1-9(5-6-12)10(15)13-7-11(2,16)8-14(3)4/h9,16H,5-8,12H2,1-4H3,(H,13,15). The third kappa shape index (κ3) is 6.76. The lowest BCUT2D eigenvalue weighted by molar-refractivity contribution is -0.125. The summed E-state index contributed by atoms with van der Waals surface area (Å²) in [6, 6.07) is 0. The van der Waals surface area contributed by atoms with Crippen LogP contribution in [-0.4, -0.2) is 55.2 Å². The van der Waals surface area contributed by atoms with Crippen LogP contribution in [0.2, 0.25) is 0 Å². The molecule has 0 radical (unpaired) electrons. The van der Waals surface area contributed by atoms with Crippen molar-refractivity contribution in [1.29, 1.82) is 0 Å². The minimum Gasteiger partial charge on any atom is -0.387 e. The normalized spacial score (nSPS) is 16.9. The van der Waals surface area contributed by atoms with Gasteiger partial charge >= 0.3 is 0 Å². The van der Waals surface area contributed by atoms with Crippen LogP contribution in [0.4, 0.5) is 0 Å². The first-order valence-corrected chi connectivity index (χ1v) is 5.63. The van der Waals surface area contributed by atoms with E-state index in [1.54, 1.807) is 6.92 Å². The summed E-state index contributed by atoms with van der Waals surface area (Å²) in [5, 5.41) is 12.7. The lowest BCUT2D eigenvalue weighted by atomic mass is 10.0. The summed E-state index contributed by atoms with van der Waals surface area (Å²) in [5.41, 5.74) is 4.48. The molecule has 16 heavy (non-hydrogen) atoms. The monoisotopic (exact) mass is 231 g/mol. The zero-order valence-corrected chi connectivity index (χ0v) is 10.8. The van der Waals surface area contributed by atoms with E-state index in [4.69, 9.17) is 5.73 Å². The predicted octanol–water partition coefficient (Wildman–Crippen LogP) is -0.600. The number of carbonyl (C=O) groups excluding carboxylic acids is 1. The average molecular weight is 231 g/mol. The second-order valence-corrected chi connectivity index (χ2v) is 4.93. The van der Waals surface area contributed by atoms with Crippen molar-refractivity contribution in [1.82, 2.24) is 10.2 Å². The Bertz CT molecular complexity index is 217. The molecule has 0 heterocycles. The zero-order valence-electron chi connectivity index (χ0n) is 10.8. The number of rotatable bonds is 7. The van der Waals surface area contributed by atoms with Crippen LogP contribution in [0.25, 0.3) is 0 Å². The van der Waals surface area contributed by atoms with Crippen molar-refractivity contribution in [2.45, 2.75) is 25.9 Å². The van der Waals surface area contributed by atoms with Crippen molar-refractivity contribution in [3.8, 4) is 0 Å². The van der Waals surface area contributed by atoms with E-state index in [9.17, 15) is 9.90 Å². The molecule has 0 rings (SSSR count). The number of carbonyl (C=O) groups is 1. The molecule has 0 bridgehead atoms. The molecular weight excluding hydrogens is 206 g/mol. The Hall–Kier alpha value is -0.650. The number of likely N-dealkylation sites (N-methyl/N-ethyl adjacent to an activating group) is 1. The summed E-state index contributed by atoms with van der Waals surface area (Å²) in [5.74, 6) is -0.148. The first kappa shape index (κ1) is 15.3. The fraction of sp³-hybridized carbons (Fsp3) is 0.909. The molecule has 4 N–H and O–H groups in total. The fourth-order valence-electron chi connectivity index (χ4n) is 1.57. The van der Waals surface area contributed by atoms with Crippen LogP contribution in [0, 0.1) is 5.92 Å². The average Bonchev–Trinajstić information content (AvgIpc) is 2.12. The molecule has 5 heteroatoms. The molecule has 0 saturated carbocycles. The molecule has 96 valence electrons. The van der Waals surface area contributed by atoms with E-state index in [0.717, 1.165) is 0 Å².